The predicted molar refractivity (Wildman–Crippen MR) is 40.6 cm³/mol. The molecule has 4 nitrogen and oxygen atoms in total. The Hall–Kier alpha value is -1.19. The maximum absolute atomic E-state index is 4.19. The van der Waals surface area contributed by atoms with Crippen LogP contribution in [0.25, 0.3) is 0 Å². The van der Waals surface area contributed by atoms with Crippen LogP contribution in [0.15, 0.2) is 15.1 Å². The van der Waals surface area contributed by atoms with Crippen molar-refractivity contribution in [1.29, 1.82) is 0 Å². The molecule has 0 spiro atoms. The molecule has 0 amide bonds. The molecule has 0 bridgehead atoms. The SMILES string of the molecule is CC1=NC2=NCCN2N=C1. The predicted octanol–water partition coefficient (Wildman–Crippen LogP) is 0.118. The number of hydrazone groups is 1. The first-order chi connectivity index (χ1) is 4.86. The van der Waals surface area contributed by atoms with E-state index >= 15 is 0 Å². The highest BCUT2D eigenvalue weighted by molar-refractivity contribution is 6.32. The lowest BCUT2D eigenvalue weighted by atomic mass is 10.4. The fourth-order valence-corrected chi connectivity index (χ4v) is 0.969. The Labute approximate surface area is 59.0 Å². The van der Waals surface area contributed by atoms with Crippen molar-refractivity contribution in [3.63, 3.8) is 0 Å². The Kier molecular flexibility index (Phi) is 1.06. The molecule has 0 aromatic rings. The second kappa shape index (κ2) is 1.90. The van der Waals surface area contributed by atoms with E-state index in [0.29, 0.717) is 0 Å². The molecule has 52 valence electrons. The molecule has 0 atom stereocenters. The minimum atomic E-state index is 0.764. The van der Waals surface area contributed by atoms with Crippen molar-refractivity contribution in [2.45, 2.75) is 6.92 Å². The first-order valence-electron chi connectivity index (χ1n) is 3.27. The van der Waals surface area contributed by atoms with Crippen LogP contribution in [0, 0.1) is 0 Å². The van der Waals surface area contributed by atoms with E-state index in [-0.39, 0.29) is 0 Å². The summed E-state index contributed by atoms with van der Waals surface area (Å²) in [5.74, 6) is 0.764. The van der Waals surface area contributed by atoms with Crippen molar-refractivity contribution < 1.29 is 0 Å². The fraction of sp³-hybridized carbons (Fsp3) is 0.500. The normalized spacial score (nSPS) is 22.3. The Morgan fingerprint density at radius 1 is 1.60 bits per heavy atom. The number of hydrogen-bond donors (Lipinski definition) is 0. The van der Waals surface area contributed by atoms with Crippen molar-refractivity contribution in [1.82, 2.24) is 5.01 Å². The number of aliphatic imine (C=N–C) groups is 2. The van der Waals surface area contributed by atoms with Crippen molar-refractivity contribution in [3.05, 3.63) is 0 Å². The van der Waals surface area contributed by atoms with E-state index in [1.807, 2.05) is 11.9 Å². The Bertz CT molecular complexity index is 238. The van der Waals surface area contributed by atoms with E-state index in [9.17, 15) is 0 Å². The third kappa shape index (κ3) is 0.725. The van der Waals surface area contributed by atoms with Gasteiger partial charge in [0, 0.05) is 0 Å². The first-order valence-corrected chi connectivity index (χ1v) is 3.27. The number of guanidine groups is 1. The summed E-state index contributed by atoms with van der Waals surface area (Å²) in [6.07, 6.45) is 1.75. The van der Waals surface area contributed by atoms with Gasteiger partial charge in [0.25, 0.3) is 0 Å². The van der Waals surface area contributed by atoms with E-state index in [1.165, 1.54) is 0 Å². The van der Waals surface area contributed by atoms with Gasteiger partial charge in [0.05, 0.1) is 25.0 Å². The minimum absolute atomic E-state index is 0.764. The molecule has 0 saturated heterocycles. The van der Waals surface area contributed by atoms with E-state index < -0.39 is 0 Å². The second-order valence-electron chi connectivity index (χ2n) is 2.30. The Balaban J connectivity index is 2.34. The van der Waals surface area contributed by atoms with Crippen molar-refractivity contribution in [3.8, 4) is 0 Å². The van der Waals surface area contributed by atoms with Gasteiger partial charge in [0.2, 0.25) is 5.96 Å². The third-order valence-electron chi connectivity index (χ3n) is 1.46. The highest BCUT2D eigenvalue weighted by Crippen LogP contribution is 2.05. The van der Waals surface area contributed by atoms with Gasteiger partial charge in [-0.15, -0.1) is 0 Å². The molecule has 10 heavy (non-hydrogen) atoms. The average molecular weight is 136 g/mol. The lowest BCUT2D eigenvalue weighted by molar-refractivity contribution is 0.486. The van der Waals surface area contributed by atoms with Crippen LogP contribution in [0.1, 0.15) is 6.92 Å². The van der Waals surface area contributed by atoms with Gasteiger partial charge in [-0.05, 0) is 6.92 Å². The summed E-state index contributed by atoms with van der Waals surface area (Å²) in [5, 5.41) is 5.93. The zero-order valence-corrected chi connectivity index (χ0v) is 5.78. The molecule has 0 N–H and O–H groups in total. The Morgan fingerprint density at radius 3 is 3.40 bits per heavy atom. The van der Waals surface area contributed by atoms with E-state index in [1.54, 1.807) is 6.21 Å². The standard InChI is InChI=1S/C6H8N4/c1-5-4-8-10-3-2-7-6(10)9-5/h4H,2-3H2,1H3. The average Bonchev–Trinajstić information content (AvgIpc) is 2.33. The number of hydrogen-bond acceptors (Lipinski definition) is 4. The van der Waals surface area contributed by atoms with Crippen LogP contribution in [-0.2, 0) is 0 Å². The van der Waals surface area contributed by atoms with E-state index in [4.69, 9.17) is 0 Å². The van der Waals surface area contributed by atoms with Crippen molar-refractivity contribution >= 4 is 17.9 Å². The summed E-state index contributed by atoms with van der Waals surface area (Å²) in [6.45, 7) is 3.62. The van der Waals surface area contributed by atoms with Gasteiger partial charge >= 0.3 is 0 Å². The zero-order chi connectivity index (χ0) is 6.97. The first kappa shape index (κ1) is 5.58. The van der Waals surface area contributed by atoms with Gasteiger partial charge in [-0.2, -0.15) is 5.10 Å². The molecule has 0 radical (unpaired) electrons. The van der Waals surface area contributed by atoms with Crippen LogP contribution >= 0.6 is 0 Å². The fourth-order valence-electron chi connectivity index (χ4n) is 0.969. The molecule has 2 aliphatic heterocycles. The maximum Gasteiger partial charge on any atom is 0.241 e. The number of fused-ring (bicyclic) bond motifs is 1. The molecule has 0 fully saturated rings. The molecule has 0 aromatic carbocycles. The van der Waals surface area contributed by atoms with Gasteiger partial charge in [-0.25, -0.2) is 15.0 Å². The minimum Gasteiger partial charge on any atom is -0.248 e. The largest absolute Gasteiger partial charge is 0.248 e. The molecule has 2 rings (SSSR count). The lowest BCUT2D eigenvalue weighted by Gasteiger charge is -2.13. The summed E-state index contributed by atoms with van der Waals surface area (Å²) < 4.78 is 0. The summed E-state index contributed by atoms with van der Waals surface area (Å²) in [5.41, 5.74) is 0.928. The number of nitrogens with zero attached hydrogens (tertiary/aromatic N) is 4. The molecule has 4 heteroatoms. The molecule has 0 aliphatic carbocycles. The second-order valence-corrected chi connectivity index (χ2v) is 2.30. The van der Waals surface area contributed by atoms with Gasteiger partial charge in [-0.1, -0.05) is 0 Å². The quantitative estimate of drug-likeness (QED) is 0.466. The highest BCUT2D eigenvalue weighted by atomic mass is 15.5. The van der Waals surface area contributed by atoms with Gasteiger partial charge < -0.3 is 0 Å². The van der Waals surface area contributed by atoms with Gasteiger partial charge in [0.15, 0.2) is 0 Å². The number of rotatable bonds is 0. The van der Waals surface area contributed by atoms with Gasteiger partial charge in [0.1, 0.15) is 0 Å². The van der Waals surface area contributed by atoms with Crippen LogP contribution < -0.4 is 0 Å². The summed E-state index contributed by atoms with van der Waals surface area (Å²) in [4.78, 5) is 8.34. The molecule has 0 aromatic heterocycles. The molecular weight excluding hydrogens is 128 g/mol. The van der Waals surface area contributed by atoms with Crippen molar-refractivity contribution in [2.24, 2.45) is 15.1 Å². The summed E-state index contributed by atoms with van der Waals surface area (Å²) >= 11 is 0. The van der Waals surface area contributed by atoms with Crippen molar-refractivity contribution in [2.75, 3.05) is 13.1 Å². The van der Waals surface area contributed by atoms with Crippen LogP contribution in [0.2, 0.25) is 0 Å². The summed E-state index contributed by atoms with van der Waals surface area (Å²) in [7, 11) is 0. The van der Waals surface area contributed by atoms with Crippen LogP contribution in [0.5, 0.6) is 0 Å². The van der Waals surface area contributed by atoms with E-state index in [2.05, 4.69) is 15.1 Å². The van der Waals surface area contributed by atoms with Gasteiger partial charge in [-0.3, -0.25) is 0 Å². The maximum atomic E-state index is 4.19. The lowest BCUT2D eigenvalue weighted by Crippen LogP contribution is -2.25. The topological polar surface area (TPSA) is 40.3 Å². The third-order valence-corrected chi connectivity index (χ3v) is 1.46. The highest BCUT2D eigenvalue weighted by Gasteiger charge is 2.17. The van der Waals surface area contributed by atoms with E-state index in [0.717, 1.165) is 24.8 Å². The monoisotopic (exact) mass is 136 g/mol. The summed E-state index contributed by atoms with van der Waals surface area (Å²) in [6, 6.07) is 0. The Morgan fingerprint density at radius 2 is 2.50 bits per heavy atom. The zero-order valence-electron chi connectivity index (χ0n) is 5.78. The van der Waals surface area contributed by atoms with Crippen LogP contribution in [0.4, 0.5) is 0 Å². The molecular formula is C6H8N4. The molecule has 2 heterocycles. The van der Waals surface area contributed by atoms with Crippen LogP contribution in [0.3, 0.4) is 0 Å². The smallest absolute Gasteiger partial charge is 0.241 e. The van der Waals surface area contributed by atoms with Crippen LogP contribution in [-0.4, -0.2) is 36.0 Å². The molecule has 0 saturated carbocycles. The molecule has 0 unspecified atom stereocenters. The molecule has 2 aliphatic rings.